The summed E-state index contributed by atoms with van der Waals surface area (Å²) in [5.41, 5.74) is 9.51. The second-order valence-electron chi connectivity index (χ2n) is 8.04. The third kappa shape index (κ3) is 3.87. The van der Waals surface area contributed by atoms with Gasteiger partial charge in [0.25, 0.3) is 0 Å². The van der Waals surface area contributed by atoms with Crippen molar-refractivity contribution in [2.24, 2.45) is 5.73 Å². The van der Waals surface area contributed by atoms with Crippen LogP contribution in [0.4, 0.5) is 25.8 Å². The van der Waals surface area contributed by atoms with Gasteiger partial charge in [-0.15, -0.1) is 0 Å². The van der Waals surface area contributed by atoms with Gasteiger partial charge in [0.15, 0.2) is 0 Å². The number of hydrogen-bond donors (Lipinski definition) is 2. The normalized spacial score (nSPS) is 16.3. The predicted octanol–water partition coefficient (Wildman–Crippen LogP) is 5.25. The van der Waals surface area contributed by atoms with Gasteiger partial charge in [-0.25, -0.2) is 13.8 Å². The third-order valence-electron chi connectivity index (χ3n) is 5.81. The molecular formula is C25H23F2N5. The average Bonchev–Trinajstić information content (AvgIpc) is 2.80. The Morgan fingerprint density at radius 1 is 0.969 bits per heavy atom. The van der Waals surface area contributed by atoms with Crippen LogP contribution in [0.15, 0.2) is 67.0 Å². The number of rotatable bonds is 4. The lowest BCUT2D eigenvalue weighted by Crippen LogP contribution is -2.43. The van der Waals surface area contributed by atoms with Crippen molar-refractivity contribution in [1.82, 2.24) is 9.97 Å². The van der Waals surface area contributed by atoms with Crippen molar-refractivity contribution in [2.45, 2.75) is 18.9 Å². The number of halogens is 2. The van der Waals surface area contributed by atoms with Crippen LogP contribution in [0, 0.1) is 11.6 Å². The van der Waals surface area contributed by atoms with Gasteiger partial charge in [0.1, 0.15) is 11.6 Å². The first kappa shape index (κ1) is 20.3. The zero-order valence-corrected chi connectivity index (χ0v) is 17.4. The highest BCUT2D eigenvalue weighted by atomic mass is 19.1. The zero-order valence-electron chi connectivity index (χ0n) is 17.4. The smallest absolute Gasteiger partial charge is 0.135 e. The molecule has 0 radical (unpaired) electrons. The molecule has 1 saturated heterocycles. The van der Waals surface area contributed by atoms with Crippen molar-refractivity contribution in [1.29, 1.82) is 0 Å². The topological polar surface area (TPSA) is 67.1 Å². The average molecular weight is 431 g/mol. The molecule has 1 unspecified atom stereocenters. The minimum atomic E-state index is -0.640. The van der Waals surface area contributed by atoms with Gasteiger partial charge >= 0.3 is 0 Å². The molecule has 1 atom stereocenters. The van der Waals surface area contributed by atoms with Crippen LogP contribution in [0.2, 0.25) is 0 Å². The Labute approximate surface area is 184 Å². The summed E-state index contributed by atoms with van der Waals surface area (Å²) in [5, 5.41) is 4.30. The van der Waals surface area contributed by atoms with Crippen LogP contribution in [-0.4, -0.2) is 29.1 Å². The molecule has 0 aliphatic carbocycles. The number of pyridine rings is 2. The maximum atomic E-state index is 14.4. The van der Waals surface area contributed by atoms with Crippen molar-refractivity contribution in [3.63, 3.8) is 0 Å². The second-order valence-corrected chi connectivity index (χ2v) is 8.04. The Bertz CT molecular complexity index is 1260. The highest BCUT2D eigenvalue weighted by Gasteiger charge is 2.20. The minimum Gasteiger partial charge on any atom is -0.368 e. The van der Waals surface area contributed by atoms with Gasteiger partial charge in [0.2, 0.25) is 0 Å². The number of benzene rings is 2. The fraction of sp³-hybridized carbons (Fsp3) is 0.200. The van der Waals surface area contributed by atoms with Crippen LogP contribution < -0.4 is 16.0 Å². The number of piperidine rings is 1. The van der Waals surface area contributed by atoms with Gasteiger partial charge in [-0.2, -0.15) is 0 Å². The van der Waals surface area contributed by atoms with E-state index < -0.39 is 11.6 Å². The summed E-state index contributed by atoms with van der Waals surface area (Å²) in [7, 11) is 0. The minimum absolute atomic E-state index is 0.131. The Balaban J connectivity index is 1.56. The van der Waals surface area contributed by atoms with Gasteiger partial charge in [0.05, 0.1) is 40.0 Å². The Kier molecular flexibility index (Phi) is 5.41. The van der Waals surface area contributed by atoms with Crippen LogP contribution in [0.1, 0.15) is 12.8 Å². The highest BCUT2D eigenvalue weighted by molar-refractivity contribution is 5.94. The van der Waals surface area contributed by atoms with E-state index in [1.807, 2.05) is 30.3 Å². The SMILES string of the molecule is NC1CCCN(c2ccncc2Nc2cccc3ccc(-c4c(F)cccc4F)nc23)C1. The first-order chi connectivity index (χ1) is 15.6. The third-order valence-corrected chi connectivity index (χ3v) is 5.81. The summed E-state index contributed by atoms with van der Waals surface area (Å²) < 4.78 is 28.7. The summed E-state index contributed by atoms with van der Waals surface area (Å²) in [4.78, 5) is 11.2. The molecule has 5 rings (SSSR count). The Morgan fingerprint density at radius 2 is 1.78 bits per heavy atom. The first-order valence-corrected chi connectivity index (χ1v) is 10.7. The number of nitrogens with two attached hydrogens (primary N) is 1. The number of fused-ring (bicyclic) bond motifs is 1. The van der Waals surface area contributed by atoms with Crippen LogP contribution in [0.25, 0.3) is 22.2 Å². The largest absolute Gasteiger partial charge is 0.368 e. The lowest BCUT2D eigenvalue weighted by Gasteiger charge is -2.33. The molecule has 5 nitrogen and oxygen atoms in total. The molecule has 0 bridgehead atoms. The second kappa shape index (κ2) is 8.51. The fourth-order valence-corrected chi connectivity index (χ4v) is 4.26. The van der Waals surface area contributed by atoms with Gasteiger partial charge in [0, 0.05) is 30.7 Å². The molecule has 162 valence electrons. The summed E-state index contributed by atoms with van der Waals surface area (Å²) in [6.07, 6.45) is 5.60. The summed E-state index contributed by atoms with van der Waals surface area (Å²) >= 11 is 0. The molecule has 1 fully saturated rings. The van der Waals surface area contributed by atoms with Gasteiger partial charge in [-0.3, -0.25) is 4.98 Å². The number of anilines is 3. The van der Waals surface area contributed by atoms with Gasteiger partial charge in [-0.1, -0.05) is 24.3 Å². The number of hydrogen-bond acceptors (Lipinski definition) is 5. The lowest BCUT2D eigenvalue weighted by atomic mass is 10.1. The maximum absolute atomic E-state index is 14.4. The van der Waals surface area contributed by atoms with Crippen LogP contribution in [0.5, 0.6) is 0 Å². The monoisotopic (exact) mass is 431 g/mol. The fourth-order valence-electron chi connectivity index (χ4n) is 4.26. The molecule has 32 heavy (non-hydrogen) atoms. The first-order valence-electron chi connectivity index (χ1n) is 10.7. The van der Waals surface area contributed by atoms with Crippen molar-refractivity contribution in [3.8, 4) is 11.3 Å². The molecule has 0 spiro atoms. The number of aromatic nitrogens is 2. The molecule has 2 aromatic heterocycles. The molecule has 0 amide bonds. The predicted molar refractivity (Wildman–Crippen MR) is 124 cm³/mol. The lowest BCUT2D eigenvalue weighted by molar-refractivity contribution is 0.506. The van der Waals surface area contributed by atoms with E-state index in [0.717, 1.165) is 48.4 Å². The number of nitrogens with one attached hydrogen (secondary N) is 1. The van der Waals surface area contributed by atoms with E-state index >= 15 is 0 Å². The van der Waals surface area contributed by atoms with Gasteiger partial charge in [-0.05, 0) is 43.2 Å². The van der Waals surface area contributed by atoms with E-state index in [4.69, 9.17) is 5.73 Å². The summed E-state index contributed by atoms with van der Waals surface area (Å²) in [6.45, 7) is 1.71. The summed E-state index contributed by atoms with van der Waals surface area (Å²) in [5.74, 6) is -1.28. The van der Waals surface area contributed by atoms with E-state index in [-0.39, 0.29) is 17.3 Å². The Morgan fingerprint density at radius 3 is 2.59 bits per heavy atom. The van der Waals surface area contributed by atoms with Crippen LogP contribution in [-0.2, 0) is 0 Å². The van der Waals surface area contributed by atoms with Crippen molar-refractivity contribution in [2.75, 3.05) is 23.3 Å². The number of nitrogens with zero attached hydrogens (tertiary/aromatic N) is 3. The molecule has 3 heterocycles. The van der Waals surface area contributed by atoms with Gasteiger partial charge < -0.3 is 16.0 Å². The molecular weight excluding hydrogens is 408 g/mol. The molecule has 2 aromatic carbocycles. The quantitative estimate of drug-likeness (QED) is 0.462. The molecule has 7 heteroatoms. The van der Waals surface area contributed by atoms with Crippen LogP contribution >= 0.6 is 0 Å². The molecule has 3 N–H and O–H groups in total. The zero-order chi connectivity index (χ0) is 22.1. The van der Waals surface area contributed by atoms with E-state index in [1.54, 1.807) is 18.5 Å². The molecule has 1 aliphatic rings. The molecule has 0 saturated carbocycles. The number of para-hydroxylation sites is 1. The van der Waals surface area contributed by atoms with Crippen molar-refractivity contribution < 1.29 is 8.78 Å². The standard InChI is InChI=1S/C25H23F2N5/c26-18-6-2-7-19(27)24(18)20-10-9-16-4-1-8-21(25(16)31-20)30-22-14-29-12-11-23(22)32-13-3-5-17(28)15-32/h1-2,4,6-12,14,17,30H,3,5,13,15,28H2. The molecule has 1 aliphatic heterocycles. The van der Waals surface area contributed by atoms with Crippen molar-refractivity contribution >= 4 is 28.0 Å². The molecule has 4 aromatic rings. The van der Waals surface area contributed by atoms with E-state index in [1.165, 1.54) is 18.2 Å². The van der Waals surface area contributed by atoms with Crippen molar-refractivity contribution in [3.05, 3.63) is 78.6 Å². The Hall–Kier alpha value is -3.58. The van der Waals surface area contributed by atoms with E-state index in [9.17, 15) is 8.78 Å². The van der Waals surface area contributed by atoms with E-state index in [0.29, 0.717) is 5.52 Å². The maximum Gasteiger partial charge on any atom is 0.135 e. The highest BCUT2D eigenvalue weighted by Crippen LogP contribution is 2.34. The summed E-state index contributed by atoms with van der Waals surface area (Å²) in [6, 6.07) is 15.1. The van der Waals surface area contributed by atoms with Crippen LogP contribution in [0.3, 0.4) is 0 Å². The van der Waals surface area contributed by atoms with E-state index in [2.05, 4.69) is 20.2 Å².